The highest BCUT2D eigenvalue weighted by Gasteiger charge is 2.22. The monoisotopic (exact) mass is 313 g/mol. The van der Waals surface area contributed by atoms with Gasteiger partial charge in [-0.1, -0.05) is 15.9 Å². The van der Waals surface area contributed by atoms with Crippen LogP contribution in [0.15, 0.2) is 22.7 Å². The van der Waals surface area contributed by atoms with Crippen LogP contribution in [0.1, 0.15) is 31.2 Å². The number of ketones is 1. The van der Waals surface area contributed by atoms with Gasteiger partial charge in [-0.2, -0.15) is 0 Å². The van der Waals surface area contributed by atoms with Crippen LogP contribution in [0.5, 0.6) is 0 Å². The van der Waals surface area contributed by atoms with Gasteiger partial charge >= 0.3 is 0 Å². The van der Waals surface area contributed by atoms with Crippen molar-refractivity contribution in [1.29, 1.82) is 0 Å². The zero-order valence-electron chi connectivity index (χ0n) is 10.5. The van der Waals surface area contributed by atoms with Crippen molar-refractivity contribution in [2.24, 2.45) is 0 Å². The van der Waals surface area contributed by atoms with Crippen molar-refractivity contribution in [3.05, 3.63) is 34.1 Å². The smallest absolute Gasteiger partial charge is 0.133 e. The Bertz CT molecular complexity index is 439. The SMILES string of the molecule is CN(Cc1cc(Br)ccc1F)C1CCC(=O)CC1. The van der Waals surface area contributed by atoms with Crippen molar-refractivity contribution in [2.45, 2.75) is 38.3 Å². The van der Waals surface area contributed by atoms with E-state index in [1.165, 1.54) is 6.07 Å². The number of hydrogen-bond acceptors (Lipinski definition) is 2. The van der Waals surface area contributed by atoms with Gasteiger partial charge in [0.2, 0.25) is 0 Å². The van der Waals surface area contributed by atoms with Crippen LogP contribution < -0.4 is 0 Å². The van der Waals surface area contributed by atoms with Crippen LogP contribution in [0.4, 0.5) is 4.39 Å². The lowest BCUT2D eigenvalue weighted by Gasteiger charge is -2.30. The fraction of sp³-hybridized carbons (Fsp3) is 0.500. The van der Waals surface area contributed by atoms with Gasteiger partial charge in [-0.25, -0.2) is 4.39 Å². The number of carbonyl (C=O) groups is 1. The summed E-state index contributed by atoms with van der Waals surface area (Å²) >= 11 is 3.36. The Labute approximate surface area is 115 Å². The average Bonchev–Trinajstić information content (AvgIpc) is 2.34. The molecular formula is C14H17BrFNO. The number of benzene rings is 1. The van der Waals surface area contributed by atoms with Crippen molar-refractivity contribution in [2.75, 3.05) is 7.05 Å². The molecule has 0 aromatic heterocycles. The van der Waals surface area contributed by atoms with Crippen molar-refractivity contribution in [1.82, 2.24) is 4.90 Å². The lowest BCUT2D eigenvalue weighted by Crippen LogP contribution is -2.35. The van der Waals surface area contributed by atoms with E-state index in [-0.39, 0.29) is 5.82 Å². The molecule has 0 radical (unpaired) electrons. The third-order valence-electron chi connectivity index (χ3n) is 3.56. The molecule has 1 aliphatic rings. The van der Waals surface area contributed by atoms with Crippen LogP contribution in [0.2, 0.25) is 0 Å². The second-order valence-electron chi connectivity index (χ2n) is 4.92. The van der Waals surface area contributed by atoms with Crippen LogP contribution in [-0.2, 0) is 11.3 Å². The third-order valence-corrected chi connectivity index (χ3v) is 4.06. The molecule has 0 spiro atoms. The van der Waals surface area contributed by atoms with Gasteiger partial charge in [-0.05, 0) is 38.1 Å². The Morgan fingerprint density at radius 3 is 2.72 bits per heavy atom. The standard InChI is InChI=1S/C14H17BrFNO/c1-17(12-3-5-13(18)6-4-12)9-10-8-11(15)2-7-14(10)16/h2,7-8,12H,3-6,9H2,1H3. The summed E-state index contributed by atoms with van der Waals surface area (Å²) in [7, 11) is 2.00. The minimum absolute atomic E-state index is 0.170. The lowest BCUT2D eigenvalue weighted by molar-refractivity contribution is -0.121. The summed E-state index contributed by atoms with van der Waals surface area (Å²) in [5.74, 6) is 0.185. The van der Waals surface area contributed by atoms with E-state index in [0.29, 0.717) is 36.8 Å². The predicted octanol–water partition coefficient (Wildman–Crippen LogP) is 3.53. The molecule has 4 heteroatoms. The molecule has 18 heavy (non-hydrogen) atoms. The van der Waals surface area contributed by atoms with E-state index in [2.05, 4.69) is 20.8 Å². The topological polar surface area (TPSA) is 20.3 Å². The maximum absolute atomic E-state index is 13.7. The summed E-state index contributed by atoms with van der Waals surface area (Å²) in [5, 5.41) is 0. The Hall–Kier alpha value is -0.740. The van der Waals surface area contributed by atoms with E-state index < -0.39 is 0 Å². The Balaban J connectivity index is 2.00. The van der Waals surface area contributed by atoms with E-state index in [1.54, 1.807) is 6.07 Å². The second kappa shape index (κ2) is 5.93. The molecule has 0 heterocycles. The van der Waals surface area contributed by atoms with Crippen LogP contribution in [0, 0.1) is 5.82 Å². The van der Waals surface area contributed by atoms with Gasteiger partial charge in [-0.15, -0.1) is 0 Å². The van der Waals surface area contributed by atoms with Crippen molar-refractivity contribution < 1.29 is 9.18 Å². The first-order valence-electron chi connectivity index (χ1n) is 6.22. The van der Waals surface area contributed by atoms with Gasteiger partial charge in [0.15, 0.2) is 0 Å². The molecule has 2 nitrogen and oxygen atoms in total. The van der Waals surface area contributed by atoms with E-state index >= 15 is 0 Å². The summed E-state index contributed by atoms with van der Waals surface area (Å²) in [4.78, 5) is 13.4. The van der Waals surface area contributed by atoms with E-state index in [1.807, 2.05) is 13.1 Å². The highest BCUT2D eigenvalue weighted by Crippen LogP contribution is 2.23. The number of carbonyl (C=O) groups excluding carboxylic acids is 1. The molecule has 0 amide bonds. The maximum atomic E-state index is 13.7. The lowest BCUT2D eigenvalue weighted by atomic mass is 9.93. The van der Waals surface area contributed by atoms with Crippen LogP contribution in [-0.4, -0.2) is 23.8 Å². The molecule has 0 bridgehead atoms. The number of nitrogens with zero attached hydrogens (tertiary/aromatic N) is 1. The zero-order valence-corrected chi connectivity index (χ0v) is 12.0. The van der Waals surface area contributed by atoms with Crippen molar-refractivity contribution in [3.8, 4) is 0 Å². The molecule has 2 rings (SSSR count). The maximum Gasteiger partial charge on any atom is 0.133 e. The summed E-state index contributed by atoms with van der Waals surface area (Å²) in [6.07, 6.45) is 3.11. The summed E-state index contributed by atoms with van der Waals surface area (Å²) < 4.78 is 14.6. The highest BCUT2D eigenvalue weighted by molar-refractivity contribution is 9.10. The van der Waals surface area contributed by atoms with Gasteiger partial charge in [-0.3, -0.25) is 9.69 Å². The molecule has 0 N–H and O–H groups in total. The molecule has 98 valence electrons. The van der Waals surface area contributed by atoms with Gasteiger partial charge in [0.05, 0.1) is 0 Å². The van der Waals surface area contributed by atoms with E-state index in [9.17, 15) is 9.18 Å². The fourth-order valence-electron chi connectivity index (χ4n) is 2.43. The van der Waals surface area contributed by atoms with Gasteiger partial charge in [0, 0.05) is 35.5 Å². The molecule has 0 saturated heterocycles. The first-order chi connectivity index (χ1) is 8.56. The van der Waals surface area contributed by atoms with Gasteiger partial charge in [0.25, 0.3) is 0 Å². The van der Waals surface area contributed by atoms with Crippen LogP contribution >= 0.6 is 15.9 Å². The summed E-state index contributed by atoms with van der Waals surface area (Å²) in [5.41, 5.74) is 0.698. The van der Waals surface area contributed by atoms with E-state index in [4.69, 9.17) is 0 Å². The molecule has 0 unspecified atom stereocenters. The Morgan fingerprint density at radius 2 is 2.06 bits per heavy atom. The fourth-order valence-corrected chi connectivity index (χ4v) is 2.84. The Kier molecular flexibility index (Phi) is 4.51. The largest absolute Gasteiger partial charge is 0.300 e. The van der Waals surface area contributed by atoms with Crippen molar-refractivity contribution in [3.63, 3.8) is 0 Å². The van der Waals surface area contributed by atoms with Crippen molar-refractivity contribution >= 4 is 21.7 Å². The number of Topliss-reactive ketones (excluding diaryl/α,β-unsaturated/α-hetero) is 1. The molecule has 1 aromatic carbocycles. The predicted molar refractivity (Wildman–Crippen MR) is 72.8 cm³/mol. The van der Waals surface area contributed by atoms with Crippen LogP contribution in [0.3, 0.4) is 0 Å². The number of hydrogen-bond donors (Lipinski definition) is 0. The number of rotatable bonds is 3. The van der Waals surface area contributed by atoms with Gasteiger partial charge < -0.3 is 0 Å². The summed E-state index contributed by atoms with van der Waals surface area (Å²) in [6.45, 7) is 0.587. The first kappa shape index (κ1) is 13.7. The zero-order chi connectivity index (χ0) is 13.1. The molecule has 0 aliphatic heterocycles. The number of halogens is 2. The second-order valence-corrected chi connectivity index (χ2v) is 5.84. The molecule has 1 aromatic rings. The van der Waals surface area contributed by atoms with Gasteiger partial charge in [0.1, 0.15) is 11.6 Å². The summed E-state index contributed by atoms with van der Waals surface area (Å²) in [6, 6.07) is 5.40. The molecule has 0 atom stereocenters. The molecule has 1 aliphatic carbocycles. The third kappa shape index (κ3) is 3.39. The molecule has 1 saturated carbocycles. The quantitative estimate of drug-likeness (QED) is 0.851. The molecule has 1 fully saturated rings. The highest BCUT2D eigenvalue weighted by atomic mass is 79.9. The normalized spacial score (nSPS) is 17.4. The van der Waals surface area contributed by atoms with Crippen LogP contribution in [0.25, 0.3) is 0 Å². The minimum Gasteiger partial charge on any atom is -0.300 e. The average molecular weight is 314 g/mol. The minimum atomic E-state index is -0.170. The first-order valence-corrected chi connectivity index (χ1v) is 7.01. The molecular weight excluding hydrogens is 297 g/mol. The van der Waals surface area contributed by atoms with E-state index in [0.717, 1.165) is 17.3 Å². The Morgan fingerprint density at radius 1 is 1.39 bits per heavy atom.